The van der Waals surface area contributed by atoms with Gasteiger partial charge in [0.2, 0.25) is 5.91 Å². The first-order valence-corrected chi connectivity index (χ1v) is 8.63. The van der Waals surface area contributed by atoms with Crippen molar-refractivity contribution in [2.45, 2.75) is 18.6 Å². The van der Waals surface area contributed by atoms with E-state index in [1.807, 2.05) is 49.3 Å². The first kappa shape index (κ1) is 20.8. The number of hydrogen-bond acceptors (Lipinski definition) is 3. The van der Waals surface area contributed by atoms with Crippen LogP contribution in [0.15, 0.2) is 54.6 Å². The van der Waals surface area contributed by atoms with Crippen LogP contribution in [0, 0.1) is 0 Å². The van der Waals surface area contributed by atoms with Gasteiger partial charge in [-0.15, -0.1) is 0 Å². The van der Waals surface area contributed by atoms with E-state index < -0.39 is 11.7 Å². The molecule has 27 heavy (non-hydrogen) atoms. The van der Waals surface area contributed by atoms with E-state index in [1.54, 1.807) is 0 Å². The third-order valence-corrected chi connectivity index (χ3v) is 3.92. The molecule has 0 radical (unpaired) electrons. The normalized spacial score (nSPS) is 12.7. The number of carbonyl (C=O) groups is 1. The Morgan fingerprint density at radius 3 is 2.41 bits per heavy atom. The Balaban J connectivity index is 1.93. The predicted octanol–water partition coefficient (Wildman–Crippen LogP) is 3.41. The van der Waals surface area contributed by atoms with Crippen LogP contribution in [0.5, 0.6) is 0 Å². The summed E-state index contributed by atoms with van der Waals surface area (Å²) in [7, 11) is 3.84. The van der Waals surface area contributed by atoms with Crippen LogP contribution in [0.3, 0.4) is 0 Å². The summed E-state index contributed by atoms with van der Waals surface area (Å²) in [5.41, 5.74) is 0.616. The van der Waals surface area contributed by atoms with E-state index in [4.69, 9.17) is 0 Å². The summed E-state index contributed by atoms with van der Waals surface area (Å²) >= 11 is 0. The van der Waals surface area contributed by atoms with Crippen molar-refractivity contribution in [3.05, 3.63) is 65.7 Å². The summed E-state index contributed by atoms with van der Waals surface area (Å²) in [6.45, 7) is 0.560. The topological polar surface area (TPSA) is 44.4 Å². The molecule has 2 rings (SSSR count). The maximum atomic E-state index is 12.8. The predicted molar refractivity (Wildman–Crippen MR) is 101 cm³/mol. The molecule has 0 aliphatic rings. The van der Waals surface area contributed by atoms with Gasteiger partial charge < -0.3 is 15.5 Å². The van der Waals surface area contributed by atoms with Gasteiger partial charge in [0.1, 0.15) is 0 Å². The number of nitrogens with one attached hydrogen (secondary N) is 2. The highest BCUT2D eigenvalue weighted by atomic mass is 19.4. The van der Waals surface area contributed by atoms with E-state index in [0.717, 1.165) is 17.7 Å². The van der Waals surface area contributed by atoms with E-state index in [1.165, 1.54) is 12.1 Å². The molecule has 2 N–H and O–H groups in total. The van der Waals surface area contributed by atoms with E-state index in [0.29, 0.717) is 13.0 Å². The number of halogens is 3. The van der Waals surface area contributed by atoms with E-state index >= 15 is 0 Å². The molecule has 0 saturated heterocycles. The molecule has 0 bridgehead atoms. The van der Waals surface area contributed by atoms with Gasteiger partial charge >= 0.3 is 6.18 Å². The van der Waals surface area contributed by atoms with Crippen molar-refractivity contribution in [3.63, 3.8) is 0 Å². The van der Waals surface area contributed by atoms with Gasteiger partial charge in [0.25, 0.3) is 0 Å². The maximum absolute atomic E-state index is 12.8. The number of anilines is 1. The van der Waals surface area contributed by atoms with Gasteiger partial charge in [-0.1, -0.05) is 36.4 Å². The molecule has 1 atom stereocenters. The van der Waals surface area contributed by atoms with Crippen molar-refractivity contribution < 1.29 is 18.0 Å². The van der Waals surface area contributed by atoms with Gasteiger partial charge in [0.05, 0.1) is 12.1 Å². The molecule has 1 unspecified atom stereocenters. The van der Waals surface area contributed by atoms with Gasteiger partial charge in [0.15, 0.2) is 0 Å². The van der Waals surface area contributed by atoms with Crippen LogP contribution >= 0.6 is 0 Å². The van der Waals surface area contributed by atoms with E-state index in [2.05, 4.69) is 10.6 Å². The minimum Gasteiger partial charge on any atom is -0.376 e. The number of rotatable bonds is 8. The fraction of sp³-hybridized carbons (Fsp3) is 0.350. The van der Waals surface area contributed by atoms with Crippen LogP contribution < -0.4 is 10.6 Å². The Hall–Kier alpha value is -2.54. The number of hydrogen-bond donors (Lipinski definition) is 2. The van der Waals surface area contributed by atoms with Crippen LogP contribution in [0.25, 0.3) is 0 Å². The molecule has 2 aromatic carbocycles. The molecular formula is C20H24F3N3O. The fourth-order valence-electron chi connectivity index (χ4n) is 2.77. The monoisotopic (exact) mass is 379 g/mol. The lowest BCUT2D eigenvalue weighted by atomic mass is 10.1. The molecule has 2 aromatic rings. The quantitative estimate of drug-likeness (QED) is 0.739. The van der Waals surface area contributed by atoms with Crippen molar-refractivity contribution in [1.29, 1.82) is 0 Å². The Labute approximate surface area is 157 Å². The van der Waals surface area contributed by atoms with Crippen LogP contribution in [-0.4, -0.2) is 44.0 Å². The lowest BCUT2D eigenvalue weighted by Gasteiger charge is -2.23. The number of nitrogens with zero attached hydrogens (tertiary/aromatic N) is 1. The molecule has 0 saturated carbocycles. The summed E-state index contributed by atoms with van der Waals surface area (Å²) in [6, 6.07) is 14.5. The SMILES string of the molecule is CN(C)CC(Cc1ccccc1)NC(=O)CNc1cccc(C(F)(F)F)c1. The Morgan fingerprint density at radius 1 is 1.07 bits per heavy atom. The lowest BCUT2D eigenvalue weighted by Crippen LogP contribution is -2.45. The van der Waals surface area contributed by atoms with Crippen molar-refractivity contribution in [2.75, 3.05) is 32.5 Å². The van der Waals surface area contributed by atoms with Crippen LogP contribution in [0.4, 0.5) is 18.9 Å². The fourth-order valence-corrected chi connectivity index (χ4v) is 2.77. The first-order valence-electron chi connectivity index (χ1n) is 8.63. The van der Waals surface area contributed by atoms with Crippen molar-refractivity contribution in [1.82, 2.24) is 10.2 Å². The van der Waals surface area contributed by atoms with Gasteiger partial charge in [-0.3, -0.25) is 4.79 Å². The van der Waals surface area contributed by atoms with Crippen LogP contribution in [0.2, 0.25) is 0 Å². The third kappa shape index (κ3) is 7.30. The zero-order valence-electron chi connectivity index (χ0n) is 15.4. The second-order valence-electron chi connectivity index (χ2n) is 6.65. The molecule has 146 valence electrons. The molecule has 0 aliphatic carbocycles. The van der Waals surface area contributed by atoms with Crippen molar-refractivity contribution in [3.8, 4) is 0 Å². The number of likely N-dealkylation sites (N-methyl/N-ethyl adjacent to an activating group) is 1. The minimum absolute atomic E-state index is 0.0972. The van der Waals surface area contributed by atoms with E-state index in [9.17, 15) is 18.0 Å². The van der Waals surface area contributed by atoms with Crippen LogP contribution in [-0.2, 0) is 17.4 Å². The maximum Gasteiger partial charge on any atom is 0.416 e. The Kier molecular flexibility index (Phi) is 7.24. The van der Waals surface area contributed by atoms with Gasteiger partial charge in [-0.25, -0.2) is 0 Å². The number of benzene rings is 2. The van der Waals surface area contributed by atoms with Crippen molar-refractivity contribution in [2.24, 2.45) is 0 Å². The number of amides is 1. The largest absolute Gasteiger partial charge is 0.416 e. The average Bonchev–Trinajstić information content (AvgIpc) is 2.60. The first-order chi connectivity index (χ1) is 12.7. The summed E-state index contributed by atoms with van der Waals surface area (Å²) in [4.78, 5) is 14.2. The zero-order valence-corrected chi connectivity index (χ0v) is 15.4. The minimum atomic E-state index is -4.41. The molecule has 0 spiro atoms. The lowest BCUT2D eigenvalue weighted by molar-refractivity contribution is -0.137. The Bertz CT molecular complexity index is 733. The molecule has 0 fully saturated rings. The molecule has 0 heterocycles. The Morgan fingerprint density at radius 2 is 1.78 bits per heavy atom. The second kappa shape index (κ2) is 9.41. The van der Waals surface area contributed by atoms with Crippen LogP contribution in [0.1, 0.15) is 11.1 Å². The van der Waals surface area contributed by atoms with Crippen molar-refractivity contribution >= 4 is 11.6 Å². The molecular weight excluding hydrogens is 355 g/mol. The molecule has 1 amide bonds. The molecule has 0 aromatic heterocycles. The zero-order chi connectivity index (χ0) is 19.9. The van der Waals surface area contributed by atoms with Gasteiger partial charge in [-0.2, -0.15) is 13.2 Å². The highest BCUT2D eigenvalue weighted by Crippen LogP contribution is 2.30. The molecule has 7 heteroatoms. The number of carbonyl (C=O) groups excluding carboxylic acids is 1. The highest BCUT2D eigenvalue weighted by Gasteiger charge is 2.30. The smallest absolute Gasteiger partial charge is 0.376 e. The summed E-state index contributed by atoms with van der Waals surface area (Å²) in [6.07, 6.45) is -3.74. The highest BCUT2D eigenvalue weighted by molar-refractivity contribution is 5.81. The van der Waals surface area contributed by atoms with Gasteiger partial charge in [-0.05, 0) is 44.3 Å². The average molecular weight is 379 g/mol. The summed E-state index contributed by atoms with van der Waals surface area (Å²) in [5, 5.41) is 5.70. The second-order valence-corrected chi connectivity index (χ2v) is 6.65. The molecule has 0 aliphatic heterocycles. The summed E-state index contributed by atoms with van der Waals surface area (Å²) in [5.74, 6) is -0.268. The van der Waals surface area contributed by atoms with E-state index in [-0.39, 0.29) is 24.2 Å². The molecule has 4 nitrogen and oxygen atoms in total. The number of alkyl halides is 3. The summed E-state index contributed by atoms with van der Waals surface area (Å²) < 4.78 is 38.3. The standard InChI is InChI=1S/C20H24F3N3O/c1-26(2)14-18(11-15-7-4-3-5-8-15)25-19(27)13-24-17-10-6-9-16(12-17)20(21,22)23/h3-10,12,18,24H,11,13-14H2,1-2H3,(H,25,27). The van der Waals surface area contributed by atoms with Gasteiger partial charge in [0, 0.05) is 18.3 Å². The third-order valence-electron chi connectivity index (χ3n) is 3.92.